The van der Waals surface area contributed by atoms with E-state index in [-0.39, 0.29) is 12.6 Å². The van der Waals surface area contributed by atoms with Gasteiger partial charge in [-0.15, -0.1) is 34.0 Å². The first-order valence-electron chi connectivity index (χ1n) is 10.3. The molecule has 0 saturated carbocycles. The lowest BCUT2D eigenvalue weighted by atomic mass is 10.2. The number of aliphatic hydroxyl groups is 2. The Morgan fingerprint density at radius 1 is 1.03 bits per heavy atom. The van der Waals surface area contributed by atoms with Crippen molar-refractivity contribution in [1.29, 1.82) is 0 Å². The number of fused-ring (bicyclic) bond motifs is 1. The van der Waals surface area contributed by atoms with Gasteiger partial charge in [0, 0.05) is 25.9 Å². The van der Waals surface area contributed by atoms with Crippen molar-refractivity contribution in [3.63, 3.8) is 0 Å². The smallest absolute Gasteiger partial charge is 0.222 e. The van der Waals surface area contributed by atoms with Crippen LogP contribution in [0.25, 0.3) is 41.2 Å². The van der Waals surface area contributed by atoms with Gasteiger partial charge >= 0.3 is 0 Å². The summed E-state index contributed by atoms with van der Waals surface area (Å²) in [6.07, 6.45) is 0.103. The highest BCUT2D eigenvalue weighted by Crippen LogP contribution is 2.42. The first kappa shape index (κ1) is 20.9. The molecule has 0 amide bonds. The molecule has 1 aliphatic heterocycles. The molecule has 1 aliphatic rings. The van der Waals surface area contributed by atoms with Gasteiger partial charge in [0.2, 0.25) is 5.95 Å². The van der Waals surface area contributed by atoms with Crippen LogP contribution in [0.15, 0.2) is 48.1 Å². The van der Waals surface area contributed by atoms with E-state index in [1.165, 1.54) is 14.6 Å². The lowest BCUT2D eigenvalue weighted by Gasteiger charge is -2.13. The minimum absolute atomic E-state index is 0.141. The van der Waals surface area contributed by atoms with E-state index >= 15 is 0 Å². The van der Waals surface area contributed by atoms with Gasteiger partial charge in [0.25, 0.3) is 0 Å². The average molecular weight is 498 g/mol. The maximum absolute atomic E-state index is 10.1. The number of nitrogen functional groups attached to an aromatic ring is 1. The second-order valence-corrected chi connectivity index (χ2v) is 10.8. The molecule has 5 aromatic heterocycles. The van der Waals surface area contributed by atoms with E-state index in [4.69, 9.17) is 10.5 Å². The molecule has 6 heterocycles. The molecule has 0 radical (unpaired) electrons. The standard InChI is InChI=1S/C22H19N5O3S3/c23-22-25-19(20-21(26-22)27(10-24-20)18-8-11(29)12(9-28)30-18)17-6-5-16(33-17)15-4-3-14(32-15)13-2-1-7-31-13/h1-7,10-12,18,28-29H,8-9H2,(H2,23,25,26)/t11?,12-,18-/m1/s1. The lowest BCUT2D eigenvalue weighted by molar-refractivity contribution is -0.0432. The molecule has 1 saturated heterocycles. The number of ether oxygens (including phenoxy) is 1. The fourth-order valence-corrected chi connectivity index (χ4v) is 6.91. The van der Waals surface area contributed by atoms with Crippen LogP contribution in [0.3, 0.4) is 0 Å². The summed E-state index contributed by atoms with van der Waals surface area (Å²) in [4.78, 5) is 19.2. The Hall–Kier alpha value is -2.67. The molecule has 8 nitrogen and oxygen atoms in total. The fraction of sp³-hybridized carbons (Fsp3) is 0.227. The molecular weight excluding hydrogens is 478 g/mol. The van der Waals surface area contributed by atoms with Crippen LogP contribution >= 0.6 is 34.0 Å². The molecule has 33 heavy (non-hydrogen) atoms. The molecule has 6 rings (SSSR count). The summed E-state index contributed by atoms with van der Waals surface area (Å²) in [6, 6.07) is 12.6. The topological polar surface area (TPSA) is 119 Å². The van der Waals surface area contributed by atoms with E-state index in [0.29, 0.717) is 23.3 Å². The number of hydrogen-bond acceptors (Lipinski definition) is 10. The van der Waals surface area contributed by atoms with Crippen LogP contribution in [0.2, 0.25) is 0 Å². The Kier molecular flexibility index (Phi) is 5.24. The van der Waals surface area contributed by atoms with Crippen LogP contribution in [-0.2, 0) is 4.74 Å². The van der Waals surface area contributed by atoms with Gasteiger partial charge in [-0.25, -0.2) is 9.97 Å². The number of nitrogens with zero attached hydrogens (tertiary/aromatic N) is 4. The normalized spacial score (nSPS) is 20.7. The molecule has 3 atom stereocenters. The fourth-order valence-electron chi connectivity index (χ4n) is 3.99. The Labute approximate surface area is 200 Å². The summed E-state index contributed by atoms with van der Waals surface area (Å²) in [5.74, 6) is 0.141. The van der Waals surface area contributed by atoms with Gasteiger partial charge in [0.05, 0.1) is 23.9 Å². The molecule has 0 bridgehead atoms. The van der Waals surface area contributed by atoms with Crippen LogP contribution in [0.1, 0.15) is 12.6 Å². The number of rotatable bonds is 5. The van der Waals surface area contributed by atoms with Gasteiger partial charge in [-0.05, 0) is 35.7 Å². The molecule has 4 N–H and O–H groups in total. The van der Waals surface area contributed by atoms with E-state index in [1.807, 2.05) is 6.07 Å². The van der Waals surface area contributed by atoms with Gasteiger partial charge in [-0.2, -0.15) is 4.98 Å². The lowest BCUT2D eigenvalue weighted by Crippen LogP contribution is -2.24. The van der Waals surface area contributed by atoms with E-state index < -0.39 is 18.4 Å². The van der Waals surface area contributed by atoms with Gasteiger partial charge in [-0.1, -0.05) is 6.07 Å². The molecular formula is C22H19N5O3S3. The monoisotopic (exact) mass is 497 g/mol. The zero-order valence-corrected chi connectivity index (χ0v) is 19.6. The number of thiophene rings is 3. The van der Waals surface area contributed by atoms with Gasteiger partial charge < -0.3 is 20.7 Å². The van der Waals surface area contributed by atoms with Crippen LogP contribution in [0.5, 0.6) is 0 Å². The Morgan fingerprint density at radius 3 is 2.45 bits per heavy atom. The van der Waals surface area contributed by atoms with E-state index in [9.17, 15) is 10.2 Å². The highest BCUT2D eigenvalue weighted by atomic mass is 32.1. The van der Waals surface area contributed by atoms with Gasteiger partial charge in [0.1, 0.15) is 23.5 Å². The maximum Gasteiger partial charge on any atom is 0.222 e. The second-order valence-electron chi connectivity index (χ2n) is 7.67. The quantitative estimate of drug-likeness (QED) is 0.332. The molecule has 1 unspecified atom stereocenters. The molecule has 0 aromatic carbocycles. The number of imidazole rings is 1. The predicted octanol–water partition coefficient (Wildman–Crippen LogP) is 4.23. The number of aromatic nitrogens is 4. The molecule has 5 aromatic rings. The van der Waals surface area contributed by atoms with Crippen LogP contribution < -0.4 is 5.73 Å². The highest BCUT2D eigenvalue weighted by Gasteiger charge is 2.35. The summed E-state index contributed by atoms with van der Waals surface area (Å²) in [5.41, 5.74) is 7.89. The highest BCUT2D eigenvalue weighted by molar-refractivity contribution is 7.27. The summed E-state index contributed by atoms with van der Waals surface area (Å²) in [7, 11) is 0. The number of nitrogens with two attached hydrogens (primary N) is 1. The molecule has 0 aliphatic carbocycles. The SMILES string of the molecule is Nc1nc(-c2ccc(-c3ccc(-c4cccs4)s3)s2)c2ncn([C@H]3CC(O)[C@@H](CO)O3)c2n1. The van der Waals surface area contributed by atoms with Crippen molar-refractivity contribution in [3.05, 3.63) is 48.1 Å². The minimum atomic E-state index is -0.749. The first-order valence-corrected chi connectivity index (χ1v) is 12.8. The number of aliphatic hydroxyl groups excluding tert-OH is 2. The van der Waals surface area contributed by atoms with Crippen molar-refractivity contribution < 1.29 is 14.9 Å². The summed E-state index contributed by atoms with van der Waals surface area (Å²) in [6.45, 7) is -0.248. The Morgan fingerprint density at radius 2 is 1.76 bits per heavy atom. The summed E-state index contributed by atoms with van der Waals surface area (Å²) in [5, 5.41) is 21.6. The molecule has 1 fully saturated rings. The Balaban J connectivity index is 1.36. The van der Waals surface area contributed by atoms with Gasteiger partial charge in [-0.3, -0.25) is 4.57 Å². The van der Waals surface area contributed by atoms with Crippen LogP contribution in [0, 0.1) is 0 Å². The maximum atomic E-state index is 10.1. The zero-order valence-electron chi connectivity index (χ0n) is 17.2. The van der Waals surface area contributed by atoms with Crippen molar-refractivity contribution in [1.82, 2.24) is 19.5 Å². The first-order chi connectivity index (χ1) is 16.1. The van der Waals surface area contributed by atoms with E-state index in [0.717, 1.165) is 9.75 Å². The van der Waals surface area contributed by atoms with Crippen molar-refractivity contribution in [2.75, 3.05) is 12.3 Å². The van der Waals surface area contributed by atoms with Crippen molar-refractivity contribution in [2.24, 2.45) is 0 Å². The van der Waals surface area contributed by atoms with E-state index in [2.05, 4.69) is 50.7 Å². The number of hydrogen-bond donors (Lipinski definition) is 3. The van der Waals surface area contributed by atoms with Crippen molar-refractivity contribution in [2.45, 2.75) is 24.9 Å². The average Bonchev–Trinajstić information content (AvgIpc) is 3.62. The Bertz CT molecular complexity index is 1420. The molecule has 0 spiro atoms. The third kappa shape index (κ3) is 3.66. The minimum Gasteiger partial charge on any atom is -0.394 e. The van der Waals surface area contributed by atoms with Gasteiger partial charge in [0.15, 0.2) is 5.65 Å². The van der Waals surface area contributed by atoms with Crippen molar-refractivity contribution >= 4 is 51.1 Å². The summed E-state index contributed by atoms with van der Waals surface area (Å²) >= 11 is 5.14. The number of anilines is 1. The van der Waals surface area contributed by atoms with Crippen LogP contribution in [0.4, 0.5) is 5.95 Å². The largest absolute Gasteiger partial charge is 0.394 e. The summed E-state index contributed by atoms with van der Waals surface area (Å²) < 4.78 is 7.53. The zero-order chi connectivity index (χ0) is 22.5. The third-order valence-electron chi connectivity index (χ3n) is 5.59. The second kappa shape index (κ2) is 8.28. The predicted molar refractivity (Wildman–Crippen MR) is 131 cm³/mol. The molecule has 168 valence electrons. The third-order valence-corrected chi connectivity index (χ3v) is 9.02. The molecule has 11 heteroatoms. The van der Waals surface area contributed by atoms with E-state index in [1.54, 1.807) is 44.9 Å². The van der Waals surface area contributed by atoms with Crippen molar-refractivity contribution in [3.8, 4) is 30.1 Å². The van der Waals surface area contributed by atoms with Crippen LogP contribution in [-0.4, -0.2) is 48.5 Å².